The maximum atomic E-state index is 6.18. The van der Waals surface area contributed by atoms with Crippen molar-refractivity contribution in [2.24, 2.45) is 5.73 Å². The first-order valence-corrected chi connectivity index (χ1v) is 6.70. The third-order valence-electron chi connectivity index (χ3n) is 2.68. The number of methoxy groups -OCH3 is 1. The van der Waals surface area contributed by atoms with Crippen LogP contribution in [-0.2, 0) is 12.0 Å². The minimum Gasteiger partial charge on any atom is -0.496 e. The fraction of sp³-hybridized carbons (Fsp3) is 0.538. The van der Waals surface area contributed by atoms with Crippen molar-refractivity contribution in [3.63, 3.8) is 0 Å². The third kappa shape index (κ3) is 2.71. The van der Waals surface area contributed by atoms with Gasteiger partial charge in [-0.3, -0.25) is 0 Å². The second-order valence-electron chi connectivity index (χ2n) is 4.44. The Morgan fingerprint density at radius 3 is 2.38 bits per heavy atom. The van der Waals surface area contributed by atoms with Crippen molar-refractivity contribution in [1.29, 1.82) is 0 Å². The zero-order chi connectivity index (χ0) is 12.3. The molecule has 0 heterocycles. The number of hydrogen-bond acceptors (Lipinski definition) is 3. The molecular weight excluding hydrogens is 218 g/mol. The molecule has 0 aromatic heterocycles. The highest BCUT2D eigenvalue weighted by Gasteiger charge is 2.20. The minimum absolute atomic E-state index is 0.335. The van der Waals surface area contributed by atoms with Crippen LogP contribution in [0.3, 0.4) is 0 Å². The average molecular weight is 239 g/mol. The molecular formula is C13H21NOS. The van der Waals surface area contributed by atoms with Gasteiger partial charge in [0.05, 0.1) is 7.11 Å². The first-order valence-electron chi connectivity index (χ1n) is 5.48. The van der Waals surface area contributed by atoms with Gasteiger partial charge in [0, 0.05) is 10.4 Å². The molecule has 0 fully saturated rings. The molecule has 0 atom stereocenters. The number of rotatable bonds is 4. The number of ether oxygens (including phenoxy) is 1. The molecule has 0 aliphatic carbocycles. The van der Waals surface area contributed by atoms with Gasteiger partial charge in [0.2, 0.25) is 0 Å². The molecule has 1 rings (SSSR count). The van der Waals surface area contributed by atoms with Crippen LogP contribution >= 0.6 is 11.8 Å². The van der Waals surface area contributed by atoms with Crippen LogP contribution in [0.15, 0.2) is 17.0 Å². The Hall–Kier alpha value is -0.670. The predicted octanol–water partition coefficient (Wildman–Crippen LogP) is 3.17. The minimum atomic E-state index is -0.335. The molecule has 0 aliphatic heterocycles. The molecule has 0 saturated carbocycles. The van der Waals surface area contributed by atoms with E-state index in [4.69, 9.17) is 10.5 Å². The van der Waals surface area contributed by atoms with Gasteiger partial charge in [0.25, 0.3) is 0 Å². The lowest BCUT2D eigenvalue weighted by molar-refractivity contribution is 0.406. The SMILES string of the molecule is CCc1cc(SC)c(C(C)(C)N)cc1OC. The zero-order valence-electron chi connectivity index (χ0n) is 10.8. The van der Waals surface area contributed by atoms with Gasteiger partial charge in [-0.2, -0.15) is 0 Å². The van der Waals surface area contributed by atoms with Crippen LogP contribution in [0.25, 0.3) is 0 Å². The Morgan fingerprint density at radius 1 is 1.38 bits per heavy atom. The van der Waals surface area contributed by atoms with Crippen molar-refractivity contribution >= 4 is 11.8 Å². The van der Waals surface area contributed by atoms with Crippen LogP contribution in [0.4, 0.5) is 0 Å². The second-order valence-corrected chi connectivity index (χ2v) is 5.29. The Bertz CT molecular complexity index is 369. The molecule has 1 aromatic carbocycles. The smallest absolute Gasteiger partial charge is 0.122 e. The summed E-state index contributed by atoms with van der Waals surface area (Å²) in [5, 5.41) is 0. The van der Waals surface area contributed by atoms with Gasteiger partial charge in [0.15, 0.2) is 0 Å². The van der Waals surface area contributed by atoms with E-state index in [1.807, 2.05) is 13.8 Å². The van der Waals surface area contributed by atoms with Crippen LogP contribution in [0.2, 0.25) is 0 Å². The van der Waals surface area contributed by atoms with E-state index in [0.717, 1.165) is 17.7 Å². The highest BCUT2D eigenvalue weighted by atomic mass is 32.2. The molecule has 16 heavy (non-hydrogen) atoms. The van der Waals surface area contributed by atoms with Crippen LogP contribution in [0.1, 0.15) is 31.9 Å². The fourth-order valence-corrected chi connectivity index (χ4v) is 2.54. The van der Waals surface area contributed by atoms with Crippen molar-refractivity contribution in [2.75, 3.05) is 13.4 Å². The summed E-state index contributed by atoms with van der Waals surface area (Å²) in [6.07, 6.45) is 3.05. The summed E-state index contributed by atoms with van der Waals surface area (Å²) in [6, 6.07) is 4.26. The monoisotopic (exact) mass is 239 g/mol. The Kier molecular flexibility index (Phi) is 4.28. The summed E-state index contributed by atoms with van der Waals surface area (Å²) in [7, 11) is 1.71. The molecule has 0 unspecified atom stereocenters. The lowest BCUT2D eigenvalue weighted by atomic mass is 9.93. The van der Waals surface area contributed by atoms with Crippen molar-refractivity contribution < 1.29 is 4.74 Å². The van der Waals surface area contributed by atoms with E-state index in [0.29, 0.717) is 0 Å². The van der Waals surface area contributed by atoms with Gasteiger partial charge in [-0.05, 0) is 49.8 Å². The highest BCUT2D eigenvalue weighted by molar-refractivity contribution is 7.98. The van der Waals surface area contributed by atoms with Gasteiger partial charge < -0.3 is 10.5 Å². The van der Waals surface area contributed by atoms with Gasteiger partial charge >= 0.3 is 0 Å². The van der Waals surface area contributed by atoms with Crippen molar-refractivity contribution in [3.05, 3.63) is 23.3 Å². The maximum Gasteiger partial charge on any atom is 0.122 e. The van der Waals surface area contributed by atoms with Crippen LogP contribution < -0.4 is 10.5 Å². The number of thioether (sulfide) groups is 1. The molecule has 0 spiro atoms. The third-order valence-corrected chi connectivity index (χ3v) is 3.46. The summed E-state index contributed by atoms with van der Waals surface area (Å²) in [4.78, 5) is 1.24. The van der Waals surface area contributed by atoms with Gasteiger partial charge in [-0.15, -0.1) is 11.8 Å². The summed E-state index contributed by atoms with van der Waals surface area (Å²) < 4.78 is 5.41. The van der Waals surface area contributed by atoms with Gasteiger partial charge in [0.1, 0.15) is 5.75 Å². The van der Waals surface area contributed by atoms with Gasteiger partial charge in [-0.25, -0.2) is 0 Å². The largest absolute Gasteiger partial charge is 0.496 e. The lowest BCUT2D eigenvalue weighted by Gasteiger charge is -2.24. The van der Waals surface area contributed by atoms with E-state index >= 15 is 0 Å². The normalized spacial score (nSPS) is 11.6. The van der Waals surface area contributed by atoms with Crippen molar-refractivity contribution in [3.8, 4) is 5.75 Å². The Balaban J connectivity index is 3.38. The van der Waals surface area contributed by atoms with E-state index in [1.165, 1.54) is 10.5 Å². The average Bonchev–Trinajstić information content (AvgIpc) is 2.25. The maximum absolute atomic E-state index is 6.18. The number of aryl methyl sites for hydroxylation is 1. The molecule has 2 N–H and O–H groups in total. The van der Waals surface area contributed by atoms with E-state index in [1.54, 1.807) is 18.9 Å². The summed E-state index contributed by atoms with van der Waals surface area (Å²) in [5.41, 5.74) is 8.23. The molecule has 0 radical (unpaired) electrons. The van der Waals surface area contributed by atoms with Crippen LogP contribution in [-0.4, -0.2) is 13.4 Å². The molecule has 1 aromatic rings. The molecule has 3 heteroatoms. The van der Waals surface area contributed by atoms with E-state index < -0.39 is 0 Å². The molecule has 2 nitrogen and oxygen atoms in total. The van der Waals surface area contributed by atoms with Gasteiger partial charge in [-0.1, -0.05) is 6.92 Å². The topological polar surface area (TPSA) is 35.2 Å². The summed E-state index contributed by atoms with van der Waals surface area (Å²) in [5.74, 6) is 0.939. The molecule has 0 bridgehead atoms. The van der Waals surface area contributed by atoms with E-state index in [-0.39, 0.29) is 5.54 Å². The molecule has 0 saturated heterocycles. The lowest BCUT2D eigenvalue weighted by Crippen LogP contribution is -2.29. The van der Waals surface area contributed by atoms with E-state index in [9.17, 15) is 0 Å². The van der Waals surface area contributed by atoms with Crippen molar-refractivity contribution in [1.82, 2.24) is 0 Å². The molecule has 90 valence electrons. The fourth-order valence-electron chi connectivity index (χ4n) is 1.74. The summed E-state index contributed by atoms with van der Waals surface area (Å²) in [6.45, 7) is 6.18. The van der Waals surface area contributed by atoms with Crippen LogP contribution in [0.5, 0.6) is 5.75 Å². The first-order chi connectivity index (χ1) is 7.43. The zero-order valence-corrected chi connectivity index (χ0v) is 11.6. The number of benzene rings is 1. The Morgan fingerprint density at radius 2 is 2.00 bits per heavy atom. The number of hydrogen-bond donors (Lipinski definition) is 1. The quantitative estimate of drug-likeness (QED) is 0.820. The highest BCUT2D eigenvalue weighted by Crippen LogP contribution is 2.34. The standard InChI is InChI=1S/C13H21NOS/c1-6-9-7-12(16-5)10(13(2,3)14)8-11(9)15-4/h7-8H,6,14H2,1-5H3. The van der Waals surface area contributed by atoms with E-state index in [2.05, 4.69) is 25.3 Å². The van der Waals surface area contributed by atoms with Crippen LogP contribution in [0, 0.1) is 0 Å². The Labute approximate surface area is 103 Å². The first kappa shape index (κ1) is 13.4. The predicted molar refractivity (Wildman–Crippen MR) is 71.4 cm³/mol. The summed E-state index contributed by atoms with van der Waals surface area (Å²) >= 11 is 1.74. The second kappa shape index (κ2) is 5.11. The number of nitrogens with two attached hydrogens (primary N) is 1. The molecule has 0 amide bonds. The van der Waals surface area contributed by atoms with Crippen molar-refractivity contribution in [2.45, 2.75) is 37.6 Å². The molecule has 0 aliphatic rings.